The number of carbonyl (C=O) groups is 1. The Hall–Kier alpha value is -1.26. The Balaban J connectivity index is 1.76. The fourth-order valence-corrected chi connectivity index (χ4v) is 3.00. The fourth-order valence-electron chi connectivity index (χ4n) is 2.81. The topological polar surface area (TPSA) is 58.6 Å². The van der Waals surface area contributed by atoms with Crippen LogP contribution in [0.15, 0.2) is 24.3 Å². The molecule has 1 aliphatic rings. The number of hydrogen-bond acceptors (Lipinski definition) is 3. The Morgan fingerprint density at radius 2 is 2.29 bits per heavy atom. The van der Waals surface area contributed by atoms with Crippen molar-refractivity contribution >= 4 is 17.5 Å². The van der Waals surface area contributed by atoms with E-state index in [0.29, 0.717) is 16.7 Å². The number of amides is 1. The third-order valence-electron chi connectivity index (χ3n) is 3.88. The number of para-hydroxylation sites is 1. The molecule has 1 saturated carbocycles. The molecule has 1 aliphatic carbocycles. The highest BCUT2D eigenvalue weighted by Crippen LogP contribution is 2.31. The van der Waals surface area contributed by atoms with Gasteiger partial charge in [0.1, 0.15) is 5.75 Å². The molecule has 1 aromatic rings. The van der Waals surface area contributed by atoms with Crippen LogP contribution in [0.3, 0.4) is 0 Å². The van der Waals surface area contributed by atoms with Gasteiger partial charge in [-0.25, -0.2) is 0 Å². The third-order valence-corrected chi connectivity index (χ3v) is 4.19. The molecule has 2 unspecified atom stereocenters. The predicted molar refractivity (Wildman–Crippen MR) is 82.5 cm³/mol. The molecule has 2 rings (SSSR count). The summed E-state index contributed by atoms with van der Waals surface area (Å²) in [5, 5.41) is 13.7. The van der Waals surface area contributed by atoms with Gasteiger partial charge in [0.15, 0.2) is 6.61 Å². The Kier molecular flexibility index (Phi) is 5.48. The van der Waals surface area contributed by atoms with Crippen molar-refractivity contribution in [3.8, 4) is 5.75 Å². The number of hydrogen-bond donors (Lipinski definition) is 2. The number of nitrogens with one attached hydrogen (secondary N) is 1. The van der Waals surface area contributed by atoms with Gasteiger partial charge in [-0.2, -0.15) is 0 Å². The van der Waals surface area contributed by atoms with Crippen molar-refractivity contribution in [1.29, 1.82) is 0 Å². The summed E-state index contributed by atoms with van der Waals surface area (Å²) in [5.41, 5.74) is -0.780. The maximum absolute atomic E-state index is 11.8. The van der Waals surface area contributed by atoms with Crippen molar-refractivity contribution in [3.05, 3.63) is 29.3 Å². The van der Waals surface area contributed by atoms with Gasteiger partial charge in [-0.1, -0.05) is 43.5 Å². The first kappa shape index (κ1) is 16.1. The molecule has 2 atom stereocenters. The second-order valence-electron chi connectivity index (χ2n) is 5.92. The summed E-state index contributed by atoms with van der Waals surface area (Å²) in [6, 6.07) is 7.02. The zero-order chi connectivity index (χ0) is 15.3. The lowest BCUT2D eigenvalue weighted by molar-refractivity contribution is -0.125. The van der Waals surface area contributed by atoms with E-state index >= 15 is 0 Å². The van der Waals surface area contributed by atoms with Crippen molar-refractivity contribution in [2.45, 2.75) is 38.2 Å². The highest BCUT2D eigenvalue weighted by Gasteiger charge is 2.32. The summed E-state index contributed by atoms with van der Waals surface area (Å²) in [6.45, 7) is 2.31. The normalized spacial score (nSPS) is 25.4. The first-order valence-electron chi connectivity index (χ1n) is 7.35. The Labute approximate surface area is 130 Å². The first-order chi connectivity index (χ1) is 9.98. The zero-order valence-electron chi connectivity index (χ0n) is 12.3. The van der Waals surface area contributed by atoms with E-state index < -0.39 is 5.60 Å². The van der Waals surface area contributed by atoms with Gasteiger partial charge in [0, 0.05) is 6.54 Å². The van der Waals surface area contributed by atoms with E-state index in [4.69, 9.17) is 16.3 Å². The van der Waals surface area contributed by atoms with E-state index in [-0.39, 0.29) is 19.1 Å². The van der Waals surface area contributed by atoms with Gasteiger partial charge in [0.2, 0.25) is 0 Å². The Morgan fingerprint density at radius 3 is 3.00 bits per heavy atom. The number of aliphatic hydroxyl groups is 1. The first-order valence-corrected chi connectivity index (χ1v) is 7.73. The molecule has 5 heteroatoms. The Morgan fingerprint density at radius 1 is 1.52 bits per heavy atom. The van der Waals surface area contributed by atoms with E-state index in [0.717, 1.165) is 25.7 Å². The van der Waals surface area contributed by atoms with Crippen molar-refractivity contribution in [2.24, 2.45) is 5.92 Å². The molecular formula is C16H22ClNO3. The highest BCUT2D eigenvalue weighted by molar-refractivity contribution is 6.32. The summed E-state index contributed by atoms with van der Waals surface area (Å²) in [5.74, 6) is 0.737. The van der Waals surface area contributed by atoms with E-state index in [2.05, 4.69) is 12.2 Å². The minimum atomic E-state index is -0.780. The molecule has 0 bridgehead atoms. The maximum Gasteiger partial charge on any atom is 0.258 e. The SMILES string of the molecule is CC1CCCC(O)(CNC(=O)COc2ccccc2Cl)C1. The predicted octanol–water partition coefficient (Wildman–Crippen LogP) is 2.78. The van der Waals surface area contributed by atoms with Crippen LogP contribution in [0.25, 0.3) is 0 Å². The van der Waals surface area contributed by atoms with Crippen LogP contribution in [0.4, 0.5) is 0 Å². The second kappa shape index (κ2) is 7.14. The summed E-state index contributed by atoms with van der Waals surface area (Å²) in [6.07, 6.45) is 3.62. The van der Waals surface area contributed by atoms with Crippen LogP contribution >= 0.6 is 11.6 Å². The number of carbonyl (C=O) groups excluding carboxylic acids is 1. The molecule has 0 radical (unpaired) electrons. The molecule has 2 N–H and O–H groups in total. The average molecular weight is 312 g/mol. The van der Waals surface area contributed by atoms with Crippen molar-refractivity contribution in [2.75, 3.05) is 13.2 Å². The van der Waals surface area contributed by atoms with Gasteiger partial charge in [-0.05, 0) is 30.9 Å². The smallest absolute Gasteiger partial charge is 0.258 e. The molecule has 1 aromatic carbocycles. The lowest BCUT2D eigenvalue weighted by atomic mass is 9.79. The lowest BCUT2D eigenvalue weighted by Gasteiger charge is -2.35. The van der Waals surface area contributed by atoms with Gasteiger partial charge in [-0.3, -0.25) is 4.79 Å². The van der Waals surface area contributed by atoms with Crippen molar-refractivity contribution < 1.29 is 14.6 Å². The number of ether oxygens (including phenoxy) is 1. The molecule has 0 heterocycles. The highest BCUT2D eigenvalue weighted by atomic mass is 35.5. The van der Waals surface area contributed by atoms with E-state index in [1.165, 1.54) is 0 Å². The molecule has 0 spiro atoms. The number of halogens is 1. The van der Waals surface area contributed by atoms with Crippen LogP contribution in [0.5, 0.6) is 5.75 Å². The van der Waals surface area contributed by atoms with Crippen molar-refractivity contribution in [1.82, 2.24) is 5.32 Å². The molecule has 0 aliphatic heterocycles. The molecule has 1 fully saturated rings. The van der Waals surface area contributed by atoms with Crippen molar-refractivity contribution in [3.63, 3.8) is 0 Å². The van der Waals surface area contributed by atoms with Gasteiger partial charge < -0.3 is 15.2 Å². The largest absolute Gasteiger partial charge is 0.482 e. The van der Waals surface area contributed by atoms with Crippen LogP contribution in [0.2, 0.25) is 5.02 Å². The Bertz CT molecular complexity index is 494. The number of rotatable bonds is 5. The standard InChI is InChI=1S/C16H22ClNO3/c1-12-5-4-8-16(20,9-12)11-18-15(19)10-21-14-7-3-2-6-13(14)17/h2-3,6-7,12,20H,4-5,8-11H2,1H3,(H,18,19). The van der Waals surface area contributed by atoms with E-state index in [1.54, 1.807) is 24.3 Å². The monoisotopic (exact) mass is 311 g/mol. The van der Waals surface area contributed by atoms with E-state index in [1.807, 2.05) is 0 Å². The van der Waals surface area contributed by atoms with Crippen LogP contribution in [-0.4, -0.2) is 29.8 Å². The second-order valence-corrected chi connectivity index (χ2v) is 6.33. The molecular weight excluding hydrogens is 290 g/mol. The van der Waals surface area contributed by atoms with E-state index in [9.17, 15) is 9.90 Å². The van der Waals surface area contributed by atoms with Crippen LogP contribution in [0.1, 0.15) is 32.6 Å². The maximum atomic E-state index is 11.8. The molecule has 116 valence electrons. The van der Waals surface area contributed by atoms with Gasteiger partial charge in [0.25, 0.3) is 5.91 Å². The molecule has 0 saturated heterocycles. The summed E-state index contributed by atoms with van der Waals surface area (Å²) >= 11 is 5.95. The average Bonchev–Trinajstić information content (AvgIpc) is 2.44. The third kappa shape index (κ3) is 4.90. The fraction of sp³-hybridized carbons (Fsp3) is 0.562. The van der Waals surface area contributed by atoms with Crippen LogP contribution in [0, 0.1) is 5.92 Å². The quantitative estimate of drug-likeness (QED) is 0.879. The summed E-state index contributed by atoms with van der Waals surface area (Å²) < 4.78 is 5.37. The van der Waals surface area contributed by atoms with Gasteiger partial charge in [0.05, 0.1) is 10.6 Å². The minimum Gasteiger partial charge on any atom is -0.482 e. The molecule has 21 heavy (non-hydrogen) atoms. The van der Waals surface area contributed by atoms with Crippen LogP contribution in [-0.2, 0) is 4.79 Å². The van der Waals surface area contributed by atoms with Gasteiger partial charge in [-0.15, -0.1) is 0 Å². The lowest BCUT2D eigenvalue weighted by Crippen LogP contribution is -2.46. The zero-order valence-corrected chi connectivity index (χ0v) is 13.0. The molecule has 0 aromatic heterocycles. The molecule has 4 nitrogen and oxygen atoms in total. The minimum absolute atomic E-state index is 0.102. The van der Waals surface area contributed by atoms with Gasteiger partial charge >= 0.3 is 0 Å². The molecule has 1 amide bonds. The summed E-state index contributed by atoms with van der Waals surface area (Å²) in [4.78, 5) is 11.8. The summed E-state index contributed by atoms with van der Waals surface area (Å²) in [7, 11) is 0. The van der Waals surface area contributed by atoms with Crippen LogP contribution < -0.4 is 10.1 Å². The number of benzene rings is 1.